The fourth-order valence-electron chi connectivity index (χ4n) is 3.06. The topological polar surface area (TPSA) is 74.2 Å². The third-order valence-electron chi connectivity index (χ3n) is 4.48. The Labute approximate surface area is 160 Å². The molecule has 0 aliphatic carbocycles. The summed E-state index contributed by atoms with van der Waals surface area (Å²) in [6.45, 7) is 0. The highest BCUT2D eigenvalue weighted by Crippen LogP contribution is 2.36. The van der Waals surface area contributed by atoms with E-state index in [1.54, 1.807) is 30.6 Å². The summed E-state index contributed by atoms with van der Waals surface area (Å²) in [6, 6.07) is 13.1. The summed E-state index contributed by atoms with van der Waals surface area (Å²) >= 11 is 6.45. The number of hydrogen-bond donors (Lipinski definition) is 2. The number of aromatic amines is 1. The van der Waals surface area contributed by atoms with Crippen LogP contribution >= 0.6 is 11.6 Å². The van der Waals surface area contributed by atoms with Gasteiger partial charge in [0.05, 0.1) is 10.5 Å². The third kappa shape index (κ3) is 2.94. The highest BCUT2D eigenvalue weighted by Gasteiger charge is 2.16. The van der Waals surface area contributed by atoms with Gasteiger partial charge < -0.3 is 15.0 Å². The summed E-state index contributed by atoms with van der Waals surface area (Å²) in [5.41, 5.74) is 2.85. The third-order valence-corrected chi connectivity index (χ3v) is 4.79. The first-order chi connectivity index (χ1) is 13.0. The Kier molecular flexibility index (Phi) is 4.12. The largest absolute Gasteiger partial charge is 0.505 e. The van der Waals surface area contributed by atoms with E-state index in [1.807, 2.05) is 43.3 Å². The van der Waals surface area contributed by atoms with E-state index >= 15 is 0 Å². The monoisotopic (exact) mass is 380 g/mol. The summed E-state index contributed by atoms with van der Waals surface area (Å²) in [7, 11) is 3.95. The maximum Gasteiger partial charge on any atom is 0.278 e. The van der Waals surface area contributed by atoms with Gasteiger partial charge in [-0.2, -0.15) is 5.10 Å². The van der Waals surface area contributed by atoms with Crippen molar-refractivity contribution in [3.63, 3.8) is 0 Å². The Hall–Kier alpha value is -3.25. The maximum atomic E-state index is 12.4. The van der Waals surface area contributed by atoms with Gasteiger partial charge in [0.15, 0.2) is 11.4 Å². The number of aromatic nitrogens is 3. The van der Waals surface area contributed by atoms with E-state index < -0.39 is 5.56 Å². The fraction of sp³-hybridized carbons (Fsp3) is 0.100. The van der Waals surface area contributed by atoms with E-state index in [9.17, 15) is 9.90 Å². The second-order valence-corrected chi connectivity index (χ2v) is 6.83. The number of pyridine rings is 1. The molecule has 0 amide bonds. The molecule has 0 saturated heterocycles. The summed E-state index contributed by atoms with van der Waals surface area (Å²) in [6.07, 6.45) is 3.15. The normalized spacial score (nSPS) is 11.1. The van der Waals surface area contributed by atoms with Gasteiger partial charge in [-0.1, -0.05) is 23.7 Å². The average molecular weight is 381 g/mol. The van der Waals surface area contributed by atoms with Crippen LogP contribution in [0.15, 0.2) is 59.7 Å². The van der Waals surface area contributed by atoms with Gasteiger partial charge in [0.2, 0.25) is 0 Å². The average Bonchev–Trinajstić information content (AvgIpc) is 3.15. The van der Waals surface area contributed by atoms with E-state index in [-0.39, 0.29) is 11.4 Å². The molecule has 0 fully saturated rings. The standard InChI is InChI=1S/C20H17ClN4O2/c1-24(2)13-6-4-12(5-7-13)14-10-15-17(11-16(14)21)23-20(27)18(19(15)26)25-9-3-8-22-25/h3-11H,1-2H3,(H2,23,26,27). The first-order valence-electron chi connectivity index (χ1n) is 8.32. The number of hydrogen-bond acceptors (Lipinski definition) is 4. The summed E-state index contributed by atoms with van der Waals surface area (Å²) < 4.78 is 1.34. The van der Waals surface area contributed by atoms with Crippen molar-refractivity contribution < 1.29 is 5.11 Å². The molecule has 6 nitrogen and oxygen atoms in total. The Balaban J connectivity index is 1.93. The zero-order valence-electron chi connectivity index (χ0n) is 14.8. The molecule has 0 unspecified atom stereocenters. The highest BCUT2D eigenvalue weighted by atomic mass is 35.5. The highest BCUT2D eigenvalue weighted by molar-refractivity contribution is 6.34. The molecule has 0 atom stereocenters. The number of halogens is 1. The van der Waals surface area contributed by atoms with Crippen LogP contribution in [0, 0.1) is 0 Å². The molecule has 0 aliphatic rings. The SMILES string of the molecule is CN(C)c1ccc(-c2cc3c(O)c(-n4cccn4)c(=O)[nH]c3cc2Cl)cc1. The molecule has 2 aromatic heterocycles. The van der Waals surface area contributed by atoms with Gasteiger partial charge in [-0.15, -0.1) is 0 Å². The molecule has 0 spiro atoms. The van der Waals surface area contributed by atoms with Crippen molar-refractivity contribution in [2.75, 3.05) is 19.0 Å². The first kappa shape index (κ1) is 17.2. The van der Waals surface area contributed by atoms with Crippen molar-refractivity contribution >= 4 is 28.2 Å². The van der Waals surface area contributed by atoms with Crippen LogP contribution in [0.2, 0.25) is 5.02 Å². The maximum absolute atomic E-state index is 12.4. The molecule has 2 aromatic carbocycles. The van der Waals surface area contributed by atoms with Crippen LogP contribution in [0.4, 0.5) is 5.69 Å². The predicted molar refractivity (Wildman–Crippen MR) is 108 cm³/mol. The van der Waals surface area contributed by atoms with E-state index in [1.165, 1.54) is 4.68 Å². The number of rotatable bonds is 3. The van der Waals surface area contributed by atoms with Crippen LogP contribution in [0.5, 0.6) is 5.75 Å². The zero-order valence-corrected chi connectivity index (χ0v) is 15.5. The van der Waals surface area contributed by atoms with Crippen LogP contribution in [-0.2, 0) is 0 Å². The molecular formula is C20H17ClN4O2. The van der Waals surface area contributed by atoms with Crippen molar-refractivity contribution in [3.8, 4) is 22.6 Å². The number of fused-ring (bicyclic) bond motifs is 1. The predicted octanol–water partition coefficient (Wildman–Crippen LogP) is 3.81. The molecular weight excluding hydrogens is 364 g/mol. The van der Waals surface area contributed by atoms with Gasteiger partial charge in [-0.05, 0) is 35.9 Å². The molecule has 2 heterocycles. The number of H-pyrrole nitrogens is 1. The molecule has 136 valence electrons. The molecule has 0 radical (unpaired) electrons. The molecule has 4 rings (SSSR count). The fourth-order valence-corrected chi connectivity index (χ4v) is 3.34. The molecule has 4 aromatic rings. The summed E-state index contributed by atoms with van der Waals surface area (Å²) in [5.74, 6) is -0.139. The number of nitrogens with zero attached hydrogens (tertiary/aromatic N) is 3. The Morgan fingerprint density at radius 3 is 2.56 bits per heavy atom. The molecule has 7 heteroatoms. The smallest absolute Gasteiger partial charge is 0.278 e. The van der Waals surface area contributed by atoms with Crippen LogP contribution < -0.4 is 10.5 Å². The lowest BCUT2D eigenvalue weighted by Crippen LogP contribution is -2.15. The molecule has 0 saturated carbocycles. The number of nitrogens with one attached hydrogen (secondary N) is 1. The number of aromatic hydroxyl groups is 1. The van der Waals surface area contributed by atoms with Gasteiger partial charge in [0.25, 0.3) is 5.56 Å². The minimum Gasteiger partial charge on any atom is -0.505 e. The number of benzene rings is 2. The second-order valence-electron chi connectivity index (χ2n) is 6.42. The lowest BCUT2D eigenvalue weighted by atomic mass is 10.0. The Morgan fingerprint density at radius 1 is 1.19 bits per heavy atom. The van der Waals surface area contributed by atoms with Gasteiger partial charge in [-0.25, -0.2) is 4.68 Å². The van der Waals surface area contributed by atoms with Crippen molar-refractivity contribution in [2.45, 2.75) is 0 Å². The number of anilines is 1. The van der Waals surface area contributed by atoms with Gasteiger partial charge in [-0.3, -0.25) is 4.79 Å². The Bertz CT molecular complexity index is 1180. The summed E-state index contributed by atoms with van der Waals surface area (Å²) in [5, 5.41) is 15.8. The van der Waals surface area contributed by atoms with Crippen molar-refractivity contribution in [1.82, 2.24) is 14.8 Å². The second kappa shape index (κ2) is 6.48. The first-order valence-corrected chi connectivity index (χ1v) is 8.70. The molecule has 0 aliphatic heterocycles. The van der Waals surface area contributed by atoms with E-state index in [0.29, 0.717) is 15.9 Å². The molecule has 0 bridgehead atoms. The van der Waals surface area contributed by atoms with Gasteiger partial charge in [0, 0.05) is 43.1 Å². The minimum absolute atomic E-state index is 0.0729. The molecule has 2 N–H and O–H groups in total. The van der Waals surface area contributed by atoms with E-state index in [4.69, 9.17) is 11.6 Å². The van der Waals surface area contributed by atoms with E-state index in [0.717, 1.165) is 16.8 Å². The van der Waals surface area contributed by atoms with Crippen molar-refractivity contribution in [2.24, 2.45) is 0 Å². The zero-order chi connectivity index (χ0) is 19.1. The van der Waals surface area contributed by atoms with Crippen LogP contribution in [0.1, 0.15) is 0 Å². The van der Waals surface area contributed by atoms with Crippen LogP contribution in [-0.4, -0.2) is 34.0 Å². The Morgan fingerprint density at radius 2 is 1.93 bits per heavy atom. The van der Waals surface area contributed by atoms with Crippen molar-refractivity contribution in [3.05, 3.63) is 70.2 Å². The van der Waals surface area contributed by atoms with Crippen LogP contribution in [0.3, 0.4) is 0 Å². The van der Waals surface area contributed by atoms with Crippen molar-refractivity contribution in [1.29, 1.82) is 0 Å². The van der Waals surface area contributed by atoms with E-state index in [2.05, 4.69) is 10.1 Å². The van der Waals surface area contributed by atoms with Gasteiger partial charge >= 0.3 is 0 Å². The van der Waals surface area contributed by atoms with Gasteiger partial charge in [0.1, 0.15) is 0 Å². The molecule has 27 heavy (non-hydrogen) atoms. The lowest BCUT2D eigenvalue weighted by Gasteiger charge is -2.14. The van der Waals surface area contributed by atoms with Crippen LogP contribution in [0.25, 0.3) is 27.7 Å². The quantitative estimate of drug-likeness (QED) is 0.567. The lowest BCUT2D eigenvalue weighted by molar-refractivity contribution is 0.475. The minimum atomic E-state index is -0.442. The summed E-state index contributed by atoms with van der Waals surface area (Å²) in [4.78, 5) is 17.2.